The molecule has 9 heteroatoms. The van der Waals surface area contributed by atoms with Crippen LogP contribution in [0.2, 0.25) is 0 Å². The fourth-order valence-corrected chi connectivity index (χ4v) is 2.32. The molecule has 1 amide bonds. The molecule has 0 aliphatic carbocycles. The third kappa shape index (κ3) is 3.18. The first-order valence-electron chi connectivity index (χ1n) is 7.69. The Kier molecular flexibility index (Phi) is 3.94. The van der Waals surface area contributed by atoms with Crippen molar-refractivity contribution in [2.45, 2.75) is 6.92 Å². The van der Waals surface area contributed by atoms with Gasteiger partial charge in [0, 0.05) is 6.20 Å². The van der Waals surface area contributed by atoms with E-state index in [0.29, 0.717) is 28.5 Å². The highest BCUT2D eigenvalue weighted by molar-refractivity contribution is 6.08. The van der Waals surface area contributed by atoms with Crippen molar-refractivity contribution in [1.82, 2.24) is 29.5 Å². The molecular formula is C17H13N7O2. The highest BCUT2D eigenvalue weighted by Crippen LogP contribution is 2.23. The van der Waals surface area contributed by atoms with Crippen LogP contribution in [0.3, 0.4) is 0 Å². The molecule has 0 radical (unpaired) electrons. The van der Waals surface area contributed by atoms with Crippen molar-refractivity contribution < 1.29 is 9.53 Å². The van der Waals surface area contributed by atoms with Crippen molar-refractivity contribution >= 4 is 17.4 Å². The Morgan fingerprint density at radius 1 is 1.08 bits per heavy atom. The average Bonchev–Trinajstić information content (AvgIpc) is 3.12. The highest BCUT2D eigenvalue weighted by atomic mass is 16.5. The van der Waals surface area contributed by atoms with Crippen molar-refractivity contribution in [2.24, 2.45) is 0 Å². The van der Waals surface area contributed by atoms with Crippen LogP contribution in [0.4, 0.5) is 5.82 Å². The van der Waals surface area contributed by atoms with Gasteiger partial charge in [0.25, 0.3) is 5.91 Å². The maximum atomic E-state index is 12.7. The Bertz CT molecular complexity index is 1060. The lowest BCUT2D eigenvalue weighted by molar-refractivity contribution is 0.102. The molecule has 9 nitrogen and oxygen atoms in total. The fraction of sp³-hybridized carbons (Fsp3) is 0.0588. The minimum atomic E-state index is -0.367. The Hall–Kier alpha value is -3.88. The minimum absolute atomic E-state index is 0.305. The predicted molar refractivity (Wildman–Crippen MR) is 92.0 cm³/mol. The zero-order valence-electron chi connectivity index (χ0n) is 13.7. The number of hydrogen-bond donors (Lipinski definition) is 1. The van der Waals surface area contributed by atoms with Crippen LogP contribution in [0.25, 0.3) is 5.65 Å². The number of nitrogens with zero attached hydrogens (tertiary/aromatic N) is 6. The van der Waals surface area contributed by atoms with Crippen molar-refractivity contribution in [2.75, 3.05) is 5.32 Å². The highest BCUT2D eigenvalue weighted by Gasteiger charge is 2.16. The Labute approximate surface area is 147 Å². The fourth-order valence-electron chi connectivity index (χ4n) is 2.32. The summed E-state index contributed by atoms with van der Waals surface area (Å²) in [5.74, 6) is 0.925. The molecule has 4 rings (SSSR count). The van der Waals surface area contributed by atoms with Crippen LogP contribution in [-0.2, 0) is 0 Å². The van der Waals surface area contributed by atoms with E-state index in [4.69, 9.17) is 4.74 Å². The van der Waals surface area contributed by atoms with Gasteiger partial charge in [0.2, 0.25) is 0 Å². The van der Waals surface area contributed by atoms with Gasteiger partial charge in [-0.1, -0.05) is 6.07 Å². The third-order valence-electron chi connectivity index (χ3n) is 3.52. The number of fused-ring (bicyclic) bond motifs is 1. The zero-order chi connectivity index (χ0) is 17.9. The first kappa shape index (κ1) is 15.6. The van der Waals surface area contributed by atoms with Crippen LogP contribution in [0.1, 0.15) is 15.9 Å². The summed E-state index contributed by atoms with van der Waals surface area (Å²) in [5, 5.41) is 6.83. The molecule has 0 atom stereocenters. The smallest absolute Gasteiger partial charge is 0.260 e. The first-order valence-corrected chi connectivity index (χ1v) is 7.69. The van der Waals surface area contributed by atoms with Crippen LogP contribution in [-0.4, -0.2) is 35.5 Å². The Morgan fingerprint density at radius 3 is 2.69 bits per heavy atom. The standard InChI is InChI=1S/C17H13N7O2/c1-11-2-3-15(20-5-11)23-17(25)14-4-12(8-24-16(14)21-10-22-24)26-13-6-18-9-19-7-13/h2-10H,1H3,(H,20,23,25). The molecule has 1 N–H and O–H groups in total. The molecule has 26 heavy (non-hydrogen) atoms. The van der Waals surface area contributed by atoms with Gasteiger partial charge in [-0.3, -0.25) is 4.79 Å². The van der Waals surface area contributed by atoms with Gasteiger partial charge in [0.15, 0.2) is 11.4 Å². The van der Waals surface area contributed by atoms with E-state index < -0.39 is 0 Å². The average molecular weight is 347 g/mol. The van der Waals surface area contributed by atoms with Crippen LogP contribution >= 0.6 is 0 Å². The molecule has 0 unspecified atom stereocenters. The maximum Gasteiger partial charge on any atom is 0.260 e. The van der Waals surface area contributed by atoms with E-state index in [1.54, 1.807) is 24.5 Å². The monoisotopic (exact) mass is 347 g/mol. The van der Waals surface area contributed by atoms with Crippen molar-refractivity contribution in [3.63, 3.8) is 0 Å². The number of nitrogens with one attached hydrogen (secondary N) is 1. The Morgan fingerprint density at radius 2 is 1.92 bits per heavy atom. The molecule has 0 saturated carbocycles. The predicted octanol–water partition coefficient (Wildman–Crippen LogP) is 2.27. The molecule has 0 aliphatic rings. The van der Waals surface area contributed by atoms with Crippen molar-refractivity contribution in [3.05, 3.63) is 66.8 Å². The summed E-state index contributed by atoms with van der Waals surface area (Å²) in [6, 6.07) is 5.18. The molecule has 0 aromatic carbocycles. The van der Waals surface area contributed by atoms with Gasteiger partial charge < -0.3 is 10.1 Å². The van der Waals surface area contributed by atoms with Gasteiger partial charge in [0.05, 0.1) is 24.2 Å². The summed E-state index contributed by atoms with van der Waals surface area (Å²) in [6.45, 7) is 1.92. The molecule has 4 aromatic rings. The van der Waals surface area contributed by atoms with Crippen LogP contribution < -0.4 is 10.1 Å². The minimum Gasteiger partial charge on any atom is -0.452 e. The van der Waals surface area contributed by atoms with Gasteiger partial charge in [-0.25, -0.2) is 24.5 Å². The summed E-state index contributed by atoms with van der Waals surface area (Å²) in [7, 11) is 0. The van der Waals surface area contributed by atoms with E-state index >= 15 is 0 Å². The van der Waals surface area contributed by atoms with E-state index in [-0.39, 0.29) is 5.91 Å². The second kappa shape index (κ2) is 6.55. The Balaban J connectivity index is 1.67. The SMILES string of the molecule is Cc1ccc(NC(=O)c2cc(Oc3cncnc3)cn3ncnc23)nc1. The molecule has 128 valence electrons. The van der Waals surface area contributed by atoms with E-state index in [2.05, 4.69) is 30.4 Å². The van der Waals surface area contributed by atoms with Gasteiger partial charge in [-0.05, 0) is 24.6 Å². The van der Waals surface area contributed by atoms with Gasteiger partial charge >= 0.3 is 0 Å². The molecule has 0 spiro atoms. The number of amides is 1. The van der Waals surface area contributed by atoms with Crippen LogP contribution in [0, 0.1) is 6.92 Å². The van der Waals surface area contributed by atoms with E-state index in [0.717, 1.165) is 5.56 Å². The second-order valence-corrected chi connectivity index (χ2v) is 5.47. The summed E-state index contributed by atoms with van der Waals surface area (Å²) in [4.78, 5) is 28.8. The summed E-state index contributed by atoms with van der Waals surface area (Å²) in [5.41, 5.74) is 1.72. The third-order valence-corrected chi connectivity index (χ3v) is 3.52. The number of pyridine rings is 2. The summed E-state index contributed by atoms with van der Waals surface area (Å²) < 4.78 is 7.17. The van der Waals surface area contributed by atoms with E-state index in [1.165, 1.54) is 29.6 Å². The molecule has 0 saturated heterocycles. The van der Waals surface area contributed by atoms with Crippen molar-refractivity contribution in [1.29, 1.82) is 0 Å². The number of aromatic nitrogens is 6. The van der Waals surface area contributed by atoms with Crippen LogP contribution in [0.15, 0.2) is 55.6 Å². The molecule has 0 aliphatic heterocycles. The van der Waals surface area contributed by atoms with Gasteiger partial charge in [0.1, 0.15) is 24.2 Å². The topological polar surface area (TPSA) is 107 Å². The molecule has 0 fully saturated rings. The molecule has 4 aromatic heterocycles. The quantitative estimate of drug-likeness (QED) is 0.603. The lowest BCUT2D eigenvalue weighted by atomic mass is 10.2. The van der Waals surface area contributed by atoms with Gasteiger partial charge in [-0.15, -0.1) is 0 Å². The number of rotatable bonds is 4. The number of anilines is 1. The lowest BCUT2D eigenvalue weighted by Crippen LogP contribution is -2.14. The number of carbonyl (C=O) groups excluding carboxylic acids is 1. The number of hydrogen-bond acceptors (Lipinski definition) is 7. The van der Waals surface area contributed by atoms with Gasteiger partial charge in [-0.2, -0.15) is 5.10 Å². The first-order chi connectivity index (χ1) is 12.7. The molecule has 4 heterocycles. The van der Waals surface area contributed by atoms with E-state index in [1.807, 2.05) is 13.0 Å². The summed E-state index contributed by atoms with van der Waals surface area (Å²) >= 11 is 0. The van der Waals surface area contributed by atoms with E-state index in [9.17, 15) is 4.79 Å². The van der Waals surface area contributed by atoms with Crippen molar-refractivity contribution in [3.8, 4) is 11.5 Å². The maximum absolute atomic E-state index is 12.7. The molecular weight excluding hydrogens is 334 g/mol. The lowest BCUT2D eigenvalue weighted by Gasteiger charge is -2.09. The largest absolute Gasteiger partial charge is 0.452 e. The molecule has 0 bridgehead atoms. The zero-order valence-corrected chi connectivity index (χ0v) is 13.7. The normalized spacial score (nSPS) is 10.7. The number of carbonyl (C=O) groups is 1. The number of aryl methyl sites for hydroxylation is 1. The van der Waals surface area contributed by atoms with Crippen LogP contribution in [0.5, 0.6) is 11.5 Å². The summed E-state index contributed by atoms with van der Waals surface area (Å²) in [6.07, 6.45) is 9.11. The second-order valence-electron chi connectivity index (χ2n) is 5.47. The number of ether oxygens (including phenoxy) is 1.